The van der Waals surface area contributed by atoms with Crippen LogP contribution in [0.3, 0.4) is 0 Å². The van der Waals surface area contributed by atoms with E-state index in [-0.39, 0.29) is 12.2 Å². The van der Waals surface area contributed by atoms with Crippen molar-refractivity contribution in [3.63, 3.8) is 0 Å². The van der Waals surface area contributed by atoms with Crippen LogP contribution in [0.2, 0.25) is 0 Å². The van der Waals surface area contributed by atoms with Crippen LogP contribution >= 0.6 is 0 Å². The lowest BCUT2D eigenvalue weighted by atomic mass is 9.97. The number of benzene rings is 2. The summed E-state index contributed by atoms with van der Waals surface area (Å²) < 4.78 is 13.6. The fourth-order valence-electron chi connectivity index (χ4n) is 3.30. The zero-order valence-electron chi connectivity index (χ0n) is 14.8. The third kappa shape index (κ3) is 2.80. The number of carbonyl (C=O) groups is 1. The summed E-state index contributed by atoms with van der Waals surface area (Å²) in [5.41, 5.74) is 2.86. The number of hydrogen-bond acceptors (Lipinski definition) is 4. The standard InChI is InChI=1S/C21H20N2O3/c1-3-25-21(2)14-17(24)18-19(15-10-6-4-7-11-15)22-23(20(18)26-21)16-12-8-5-9-13-16/h4-13H,3,14H2,1-2H3. The summed E-state index contributed by atoms with van der Waals surface area (Å²) in [4.78, 5) is 13.0. The Labute approximate surface area is 152 Å². The summed E-state index contributed by atoms with van der Waals surface area (Å²) in [5, 5.41) is 4.72. The van der Waals surface area contributed by atoms with Gasteiger partial charge < -0.3 is 9.47 Å². The molecule has 1 atom stereocenters. The molecular formula is C21H20N2O3. The quantitative estimate of drug-likeness (QED) is 0.707. The van der Waals surface area contributed by atoms with Gasteiger partial charge in [-0.3, -0.25) is 4.79 Å². The normalized spacial score (nSPS) is 19.1. The highest BCUT2D eigenvalue weighted by molar-refractivity contribution is 6.05. The minimum Gasteiger partial charge on any atom is -0.444 e. The highest BCUT2D eigenvalue weighted by atomic mass is 16.7. The molecule has 1 unspecified atom stereocenters. The van der Waals surface area contributed by atoms with Crippen molar-refractivity contribution in [2.24, 2.45) is 0 Å². The summed E-state index contributed by atoms with van der Waals surface area (Å²) in [7, 11) is 0. The van der Waals surface area contributed by atoms with Gasteiger partial charge in [-0.25, -0.2) is 0 Å². The Hall–Kier alpha value is -2.92. The Balaban J connectivity index is 1.93. The SMILES string of the molecule is CCOC1(C)CC(=O)c2c(-c3ccccc3)nn(-c3ccccc3)c2O1. The molecule has 0 bridgehead atoms. The number of rotatable bonds is 4. The molecule has 0 spiro atoms. The van der Waals surface area contributed by atoms with E-state index in [1.807, 2.05) is 67.6 Å². The molecule has 4 rings (SSSR count). The molecule has 5 heteroatoms. The molecule has 26 heavy (non-hydrogen) atoms. The molecule has 0 aliphatic carbocycles. The van der Waals surface area contributed by atoms with Crippen LogP contribution < -0.4 is 4.74 Å². The number of ether oxygens (including phenoxy) is 2. The van der Waals surface area contributed by atoms with Crippen molar-refractivity contribution < 1.29 is 14.3 Å². The summed E-state index contributed by atoms with van der Waals surface area (Å²) in [5.74, 6) is -0.579. The van der Waals surface area contributed by atoms with Gasteiger partial charge >= 0.3 is 0 Å². The summed E-state index contributed by atoms with van der Waals surface area (Å²) in [6.07, 6.45) is 0.161. The first-order valence-corrected chi connectivity index (χ1v) is 8.71. The molecule has 0 radical (unpaired) electrons. The molecule has 1 aromatic heterocycles. The Morgan fingerprint density at radius 3 is 2.42 bits per heavy atom. The number of ketones is 1. The molecule has 0 fully saturated rings. The van der Waals surface area contributed by atoms with Gasteiger partial charge in [0.1, 0.15) is 11.3 Å². The number of aromatic nitrogens is 2. The minimum absolute atomic E-state index is 0.0248. The molecule has 3 aromatic rings. The van der Waals surface area contributed by atoms with E-state index in [0.29, 0.717) is 23.7 Å². The van der Waals surface area contributed by atoms with Crippen LogP contribution in [0.1, 0.15) is 30.6 Å². The fourth-order valence-corrected chi connectivity index (χ4v) is 3.30. The van der Waals surface area contributed by atoms with Gasteiger partial charge in [-0.05, 0) is 19.1 Å². The first kappa shape index (κ1) is 16.5. The van der Waals surface area contributed by atoms with Crippen LogP contribution in [0.4, 0.5) is 0 Å². The van der Waals surface area contributed by atoms with Gasteiger partial charge in [0, 0.05) is 19.1 Å². The van der Waals surface area contributed by atoms with Crippen molar-refractivity contribution in [2.45, 2.75) is 26.1 Å². The van der Waals surface area contributed by atoms with Crippen LogP contribution in [0.25, 0.3) is 16.9 Å². The molecule has 0 N–H and O–H groups in total. The molecule has 132 valence electrons. The second-order valence-corrected chi connectivity index (χ2v) is 6.41. The smallest absolute Gasteiger partial charge is 0.231 e. The maximum Gasteiger partial charge on any atom is 0.231 e. The predicted molar refractivity (Wildman–Crippen MR) is 98.6 cm³/mol. The molecule has 0 amide bonds. The first-order chi connectivity index (χ1) is 12.6. The summed E-state index contributed by atoms with van der Waals surface area (Å²) in [6.45, 7) is 4.14. The number of fused-ring (bicyclic) bond motifs is 1. The highest BCUT2D eigenvalue weighted by Gasteiger charge is 2.42. The Bertz CT molecular complexity index is 935. The van der Waals surface area contributed by atoms with Crippen LogP contribution in [0.5, 0.6) is 5.88 Å². The molecule has 2 heterocycles. The first-order valence-electron chi connectivity index (χ1n) is 8.71. The van der Waals surface area contributed by atoms with Gasteiger partial charge in [-0.1, -0.05) is 48.5 Å². The molecule has 1 aliphatic heterocycles. The molecule has 1 aliphatic rings. The van der Waals surface area contributed by atoms with E-state index in [4.69, 9.17) is 14.6 Å². The van der Waals surface area contributed by atoms with Crippen LogP contribution in [0.15, 0.2) is 60.7 Å². The Morgan fingerprint density at radius 1 is 1.12 bits per heavy atom. The molecule has 2 aromatic carbocycles. The van der Waals surface area contributed by atoms with Crippen LogP contribution in [-0.4, -0.2) is 28.0 Å². The van der Waals surface area contributed by atoms with Crippen molar-refractivity contribution in [3.8, 4) is 22.8 Å². The van der Waals surface area contributed by atoms with Crippen LogP contribution in [0, 0.1) is 0 Å². The van der Waals surface area contributed by atoms with E-state index in [0.717, 1.165) is 11.3 Å². The number of hydrogen-bond donors (Lipinski definition) is 0. The predicted octanol–water partition coefficient (Wildman–Crippen LogP) is 4.26. The van der Waals surface area contributed by atoms with E-state index >= 15 is 0 Å². The van der Waals surface area contributed by atoms with Crippen molar-refractivity contribution in [1.82, 2.24) is 9.78 Å². The second kappa shape index (κ2) is 6.42. The van der Waals surface area contributed by atoms with Crippen molar-refractivity contribution in [2.75, 3.05) is 6.61 Å². The average Bonchev–Trinajstić information content (AvgIpc) is 3.02. The van der Waals surface area contributed by atoms with Gasteiger partial charge in [0.15, 0.2) is 5.78 Å². The molecular weight excluding hydrogens is 328 g/mol. The number of nitrogens with zero attached hydrogens (tertiary/aromatic N) is 2. The van der Waals surface area contributed by atoms with Crippen molar-refractivity contribution >= 4 is 5.78 Å². The third-order valence-electron chi connectivity index (χ3n) is 4.41. The zero-order chi connectivity index (χ0) is 18.1. The largest absolute Gasteiger partial charge is 0.444 e. The minimum atomic E-state index is -0.987. The van der Waals surface area contributed by atoms with Gasteiger partial charge in [0.05, 0.1) is 12.1 Å². The third-order valence-corrected chi connectivity index (χ3v) is 4.41. The van der Waals surface area contributed by atoms with Gasteiger partial charge in [0.25, 0.3) is 0 Å². The van der Waals surface area contributed by atoms with Gasteiger partial charge in [-0.15, -0.1) is 0 Å². The monoisotopic (exact) mass is 348 g/mol. The van der Waals surface area contributed by atoms with Gasteiger partial charge in [-0.2, -0.15) is 9.78 Å². The number of Topliss-reactive ketones (excluding diaryl/α,β-unsaturated/α-hetero) is 1. The summed E-state index contributed by atoms with van der Waals surface area (Å²) in [6, 6.07) is 19.4. The fraction of sp³-hybridized carbons (Fsp3) is 0.238. The van der Waals surface area contributed by atoms with Crippen LogP contribution in [-0.2, 0) is 4.74 Å². The lowest BCUT2D eigenvalue weighted by Gasteiger charge is -2.33. The van der Waals surface area contributed by atoms with E-state index in [1.165, 1.54) is 0 Å². The maximum atomic E-state index is 13.0. The Kier molecular flexibility index (Phi) is 4.09. The Morgan fingerprint density at radius 2 is 1.77 bits per heavy atom. The van der Waals surface area contributed by atoms with E-state index in [1.54, 1.807) is 11.6 Å². The molecule has 5 nitrogen and oxygen atoms in total. The lowest BCUT2D eigenvalue weighted by Crippen LogP contribution is -2.42. The number of para-hydroxylation sites is 1. The lowest BCUT2D eigenvalue weighted by molar-refractivity contribution is -0.170. The highest BCUT2D eigenvalue weighted by Crippen LogP contribution is 2.40. The van der Waals surface area contributed by atoms with E-state index in [9.17, 15) is 4.79 Å². The molecule has 0 saturated heterocycles. The van der Waals surface area contributed by atoms with Crippen molar-refractivity contribution in [3.05, 3.63) is 66.2 Å². The number of carbonyl (C=O) groups excluding carboxylic acids is 1. The van der Waals surface area contributed by atoms with Crippen molar-refractivity contribution in [1.29, 1.82) is 0 Å². The zero-order valence-corrected chi connectivity index (χ0v) is 14.8. The molecule has 0 saturated carbocycles. The topological polar surface area (TPSA) is 53.3 Å². The van der Waals surface area contributed by atoms with E-state index in [2.05, 4.69) is 0 Å². The second-order valence-electron chi connectivity index (χ2n) is 6.41. The van der Waals surface area contributed by atoms with E-state index < -0.39 is 5.79 Å². The average molecular weight is 348 g/mol. The summed E-state index contributed by atoms with van der Waals surface area (Å²) >= 11 is 0. The maximum absolute atomic E-state index is 13.0. The van der Waals surface area contributed by atoms with Gasteiger partial charge in [0.2, 0.25) is 11.7 Å².